The lowest BCUT2D eigenvalue weighted by molar-refractivity contribution is 0.629. The summed E-state index contributed by atoms with van der Waals surface area (Å²) >= 11 is 0. The quantitative estimate of drug-likeness (QED) is 0.687. The van der Waals surface area contributed by atoms with Crippen molar-refractivity contribution in [1.82, 2.24) is 4.98 Å². The normalized spacial score (nSPS) is 10.3. The van der Waals surface area contributed by atoms with Crippen LogP contribution in [0.4, 0.5) is 4.39 Å². The highest BCUT2D eigenvalue weighted by Crippen LogP contribution is 2.25. The number of nitrogens with zero attached hydrogens (tertiary/aromatic N) is 1. The molecule has 17 heavy (non-hydrogen) atoms. The number of rotatable bonds is 1. The van der Waals surface area contributed by atoms with E-state index in [9.17, 15) is 4.39 Å². The molecule has 0 unspecified atom stereocenters. The maximum Gasteiger partial charge on any atom is 0.123 e. The Morgan fingerprint density at radius 1 is 1.12 bits per heavy atom. The first-order valence-electron chi connectivity index (χ1n) is 6.14. The van der Waals surface area contributed by atoms with Crippen LogP contribution in [0.15, 0.2) is 24.3 Å². The molecule has 0 aliphatic carbocycles. The van der Waals surface area contributed by atoms with Crippen LogP contribution in [0.3, 0.4) is 0 Å². The zero-order valence-electron chi connectivity index (χ0n) is 11.2. The highest BCUT2D eigenvalue weighted by molar-refractivity contribution is 5.82. The average Bonchev–Trinajstić information content (AvgIpc) is 2.31. The van der Waals surface area contributed by atoms with E-state index in [1.165, 1.54) is 6.07 Å². The molecular formula is C15H20FN. The Labute approximate surface area is 103 Å². The third kappa shape index (κ3) is 3.02. The van der Waals surface area contributed by atoms with Crippen molar-refractivity contribution in [2.45, 2.75) is 40.5 Å². The molecular weight excluding hydrogens is 213 g/mol. The Kier molecular flexibility index (Phi) is 4.62. The molecule has 0 aliphatic heterocycles. The summed E-state index contributed by atoms with van der Waals surface area (Å²) in [5.74, 6) is 0.186. The summed E-state index contributed by atoms with van der Waals surface area (Å²) in [5, 5.41) is 0.926. The topological polar surface area (TPSA) is 12.9 Å². The minimum Gasteiger partial charge on any atom is -0.253 e. The Bertz CT molecular complexity index is 503. The largest absolute Gasteiger partial charge is 0.253 e. The van der Waals surface area contributed by atoms with Gasteiger partial charge in [-0.3, -0.25) is 4.98 Å². The van der Waals surface area contributed by atoms with Gasteiger partial charge in [-0.1, -0.05) is 27.7 Å². The second kappa shape index (κ2) is 5.76. The van der Waals surface area contributed by atoms with E-state index in [1.807, 2.05) is 26.8 Å². The van der Waals surface area contributed by atoms with Crippen LogP contribution < -0.4 is 0 Å². The van der Waals surface area contributed by atoms with E-state index in [0.29, 0.717) is 5.92 Å². The zero-order chi connectivity index (χ0) is 13.0. The minimum absolute atomic E-state index is 0.199. The van der Waals surface area contributed by atoms with Gasteiger partial charge >= 0.3 is 0 Å². The molecule has 0 aliphatic rings. The maximum absolute atomic E-state index is 13.2. The van der Waals surface area contributed by atoms with Gasteiger partial charge in [0.2, 0.25) is 0 Å². The van der Waals surface area contributed by atoms with Crippen LogP contribution in [-0.2, 0) is 0 Å². The van der Waals surface area contributed by atoms with Crippen molar-refractivity contribution < 1.29 is 4.39 Å². The van der Waals surface area contributed by atoms with Gasteiger partial charge in [-0.15, -0.1) is 0 Å². The number of benzene rings is 1. The molecule has 0 N–H and O–H groups in total. The fourth-order valence-corrected chi connectivity index (χ4v) is 1.84. The van der Waals surface area contributed by atoms with Crippen molar-refractivity contribution in [3.63, 3.8) is 0 Å². The SMILES string of the molecule is CC.Cc1cc(C(C)C)c2cc(F)ccc2n1. The van der Waals surface area contributed by atoms with Gasteiger partial charge in [0, 0.05) is 11.1 Å². The molecule has 1 aromatic carbocycles. The van der Waals surface area contributed by atoms with Crippen molar-refractivity contribution in [1.29, 1.82) is 0 Å². The van der Waals surface area contributed by atoms with Gasteiger partial charge in [0.05, 0.1) is 5.52 Å². The number of halogens is 1. The molecule has 2 heteroatoms. The highest BCUT2D eigenvalue weighted by Gasteiger charge is 2.08. The average molecular weight is 233 g/mol. The Morgan fingerprint density at radius 2 is 1.76 bits per heavy atom. The van der Waals surface area contributed by atoms with Crippen LogP contribution >= 0.6 is 0 Å². The van der Waals surface area contributed by atoms with Crippen LogP contribution in [0.1, 0.15) is 44.9 Å². The summed E-state index contributed by atoms with van der Waals surface area (Å²) < 4.78 is 13.2. The van der Waals surface area contributed by atoms with E-state index in [-0.39, 0.29) is 5.82 Å². The van der Waals surface area contributed by atoms with Crippen molar-refractivity contribution in [3.8, 4) is 0 Å². The predicted octanol–water partition coefficient (Wildman–Crippen LogP) is 4.83. The Morgan fingerprint density at radius 3 is 2.35 bits per heavy atom. The Balaban J connectivity index is 0.000000686. The maximum atomic E-state index is 13.2. The van der Waals surface area contributed by atoms with Crippen LogP contribution in [0.5, 0.6) is 0 Å². The molecule has 0 amide bonds. The number of fused-ring (bicyclic) bond motifs is 1. The van der Waals surface area contributed by atoms with Crippen molar-refractivity contribution in [3.05, 3.63) is 41.3 Å². The number of aromatic nitrogens is 1. The highest BCUT2D eigenvalue weighted by atomic mass is 19.1. The van der Waals surface area contributed by atoms with Gasteiger partial charge in [-0.2, -0.15) is 0 Å². The van der Waals surface area contributed by atoms with E-state index < -0.39 is 0 Å². The molecule has 0 spiro atoms. The monoisotopic (exact) mass is 233 g/mol. The molecule has 2 rings (SSSR count). The standard InChI is InChI=1S/C13H14FN.C2H6/c1-8(2)11-6-9(3)15-13-5-4-10(14)7-12(11)13;1-2/h4-8H,1-3H3;1-2H3. The minimum atomic E-state index is -0.199. The van der Waals surface area contributed by atoms with Gasteiger partial charge in [0.25, 0.3) is 0 Å². The van der Waals surface area contributed by atoms with E-state index in [1.54, 1.807) is 12.1 Å². The fourth-order valence-electron chi connectivity index (χ4n) is 1.84. The third-order valence-corrected chi connectivity index (χ3v) is 2.55. The van der Waals surface area contributed by atoms with Crippen molar-refractivity contribution in [2.75, 3.05) is 0 Å². The molecule has 1 nitrogen and oxygen atoms in total. The molecule has 2 aromatic rings. The first-order valence-corrected chi connectivity index (χ1v) is 6.14. The molecule has 0 saturated carbocycles. The molecule has 92 valence electrons. The molecule has 0 saturated heterocycles. The summed E-state index contributed by atoms with van der Waals surface area (Å²) in [6.07, 6.45) is 0. The lowest BCUT2D eigenvalue weighted by atomic mass is 9.98. The summed E-state index contributed by atoms with van der Waals surface area (Å²) in [6, 6.07) is 6.80. The van der Waals surface area contributed by atoms with Crippen LogP contribution in [-0.4, -0.2) is 4.98 Å². The fraction of sp³-hybridized carbons (Fsp3) is 0.400. The number of aryl methyl sites for hydroxylation is 1. The lowest BCUT2D eigenvalue weighted by Gasteiger charge is -2.10. The first-order chi connectivity index (χ1) is 8.08. The third-order valence-electron chi connectivity index (χ3n) is 2.55. The molecule has 0 radical (unpaired) electrons. The molecule has 1 heterocycles. The molecule has 0 fully saturated rings. The summed E-state index contributed by atoms with van der Waals surface area (Å²) in [4.78, 5) is 4.39. The zero-order valence-corrected chi connectivity index (χ0v) is 11.2. The first kappa shape index (κ1) is 13.6. The second-order valence-electron chi connectivity index (χ2n) is 4.17. The van der Waals surface area contributed by atoms with Crippen molar-refractivity contribution >= 4 is 10.9 Å². The van der Waals surface area contributed by atoms with Gasteiger partial charge in [0.1, 0.15) is 5.82 Å². The van der Waals surface area contributed by atoms with E-state index in [4.69, 9.17) is 0 Å². The van der Waals surface area contributed by atoms with Gasteiger partial charge < -0.3 is 0 Å². The van der Waals surface area contributed by atoms with Gasteiger partial charge in [-0.25, -0.2) is 4.39 Å². The molecule has 0 atom stereocenters. The van der Waals surface area contributed by atoms with E-state index >= 15 is 0 Å². The molecule has 0 bridgehead atoms. The number of hydrogen-bond acceptors (Lipinski definition) is 1. The van der Waals surface area contributed by atoms with Crippen LogP contribution in [0, 0.1) is 12.7 Å². The van der Waals surface area contributed by atoms with Crippen LogP contribution in [0.2, 0.25) is 0 Å². The summed E-state index contributed by atoms with van der Waals surface area (Å²) in [5.41, 5.74) is 3.02. The van der Waals surface area contributed by atoms with Crippen molar-refractivity contribution in [2.24, 2.45) is 0 Å². The smallest absolute Gasteiger partial charge is 0.123 e. The van der Waals surface area contributed by atoms with Gasteiger partial charge in [-0.05, 0) is 42.7 Å². The number of hydrogen-bond donors (Lipinski definition) is 0. The van der Waals surface area contributed by atoms with Gasteiger partial charge in [0.15, 0.2) is 0 Å². The number of pyridine rings is 1. The van der Waals surface area contributed by atoms with Crippen LogP contribution in [0.25, 0.3) is 10.9 Å². The Hall–Kier alpha value is -1.44. The lowest BCUT2D eigenvalue weighted by Crippen LogP contribution is -1.94. The second-order valence-corrected chi connectivity index (χ2v) is 4.17. The van der Waals surface area contributed by atoms with E-state index in [2.05, 4.69) is 18.8 Å². The predicted molar refractivity (Wildman–Crippen MR) is 71.9 cm³/mol. The molecule has 1 aromatic heterocycles. The van der Waals surface area contributed by atoms with E-state index in [0.717, 1.165) is 22.2 Å². The summed E-state index contributed by atoms with van der Waals surface area (Å²) in [6.45, 7) is 10.2. The summed E-state index contributed by atoms with van der Waals surface area (Å²) in [7, 11) is 0.